The highest BCUT2D eigenvalue weighted by Gasteiger charge is 2.51. The Morgan fingerprint density at radius 3 is 2.87 bits per heavy atom. The standard InChI is InChI=1S/C11H17N3O/c1-4-5-14-9(7-12-13-14)10(15)8-6-11(8,2)3/h7-8H,4-6H2,1-3H3. The van der Waals surface area contributed by atoms with E-state index in [9.17, 15) is 4.79 Å². The van der Waals surface area contributed by atoms with Crippen LogP contribution < -0.4 is 0 Å². The molecule has 4 heteroatoms. The first-order valence-corrected chi connectivity index (χ1v) is 5.49. The normalized spacial score (nSPS) is 22.7. The highest BCUT2D eigenvalue weighted by Crippen LogP contribution is 2.52. The second kappa shape index (κ2) is 3.43. The van der Waals surface area contributed by atoms with Crippen molar-refractivity contribution in [2.75, 3.05) is 0 Å². The van der Waals surface area contributed by atoms with Crippen LogP contribution in [-0.2, 0) is 6.54 Å². The lowest BCUT2D eigenvalue weighted by atomic mass is 10.1. The minimum atomic E-state index is 0.173. The molecule has 1 atom stereocenters. The van der Waals surface area contributed by atoms with Crippen LogP contribution in [0.5, 0.6) is 0 Å². The number of hydrogen-bond acceptors (Lipinski definition) is 3. The third kappa shape index (κ3) is 1.80. The molecule has 0 radical (unpaired) electrons. The van der Waals surface area contributed by atoms with Crippen LogP contribution in [0.2, 0.25) is 0 Å². The highest BCUT2D eigenvalue weighted by atomic mass is 16.1. The fraction of sp³-hybridized carbons (Fsp3) is 0.727. The molecule has 0 bridgehead atoms. The second-order valence-electron chi connectivity index (χ2n) is 4.95. The molecule has 1 unspecified atom stereocenters. The van der Waals surface area contributed by atoms with E-state index in [0.29, 0.717) is 5.69 Å². The Morgan fingerprint density at radius 2 is 2.33 bits per heavy atom. The van der Waals surface area contributed by atoms with Crippen LogP contribution in [0.1, 0.15) is 44.1 Å². The van der Waals surface area contributed by atoms with Crippen molar-refractivity contribution in [1.29, 1.82) is 0 Å². The van der Waals surface area contributed by atoms with E-state index in [1.165, 1.54) is 0 Å². The van der Waals surface area contributed by atoms with Gasteiger partial charge in [0.2, 0.25) is 0 Å². The molecule has 82 valence electrons. The summed E-state index contributed by atoms with van der Waals surface area (Å²) in [6.07, 6.45) is 3.55. The van der Waals surface area contributed by atoms with E-state index in [-0.39, 0.29) is 17.1 Å². The molecule has 0 aliphatic heterocycles. The van der Waals surface area contributed by atoms with Crippen LogP contribution in [0.3, 0.4) is 0 Å². The third-order valence-corrected chi connectivity index (χ3v) is 3.14. The number of carbonyl (C=O) groups excluding carboxylic acids is 1. The topological polar surface area (TPSA) is 47.8 Å². The van der Waals surface area contributed by atoms with Gasteiger partial charge in [0.25, 0.3) is 0 Å². The van der Waals surface area contributed by atoms with Crippen molar-refractivity contribution in [2.24, 2.45) is 11.3 Å². The van der Waals surface area contributed by atoms with Gasteiger partial charge in [0.05, 0.1) is 6.20 Å². The quantitative estimate of drug-likeness (QED) is 0.709. The summed E-state index contributed by atoms with van der Waals surface area (Å²) in [6.45, 7) is 7.10. The van der Waals surface area contributed by atoms with Gasteiger partial charge in [0, 0.05) is 12.5 Å². The monoisotopic (exact) mass is 207 g/mol. The lowest BCUT2D eigenvalue weighted by molar-refractivity contribution is 0.0942. The number of ketones is 1. The van der Waals surface area contributed by atoms with E-state index in [4.69, 9.17) is 0 Å². The molecule has 2 rings (SSSR count). The fourth-order valence-corrected chi connectivity index (χ4v) is 1.92. The molecular formula is C11H17N3O. The van der Waals surface area contributed by atoms with E-state index >= 15 is 0 Å². The maximum Gasteiger partial charge on any atom is 0.186 e. The van der Waals surface area contributed by atoms with Gasteiger partial charge in [-0.15, -0.1) is 5.10 Å². The molecule has 15 heavy (non-hydrogen) atoms. The summed E-state index contributed by atoms with van der Waals surface area (Å²) in [7, 11) is 0. The molecule has 0 spiro atoms. The van der Waals surface area contributed by atoms with Gasteiger partial charge in [0.15, 0.2) is 5.78 Å². The molecule has 1 heterocycles. The van der Waals surface area contributed by atoms with Crippen molar-refractivity contribution in [1.82, 2.24) is 15.0 Å². The molecule has 1 aromatic rings. The second-order valence-corrected chi connectivity index (χ2v) is 4.95. The van der Waals surface area contributed by atoms with Crippen LogP contribution in [0.15, 0.2) is 6.20 Å². The summed E-state index contributed by atoms with van der Waals surface area (Å²) in [5.41, 5.74) is 0.853. The summed E-state index contributed by atoms with van der Waals surface area (Å²) in [4.78, 5) is 12.1. The van der Waals surface area contributed by atoms with Crippen molar-refractivity contribution >= 4 is 5.78 Å². The summed E-state index contributed by atoms with van der Waals surface area (Å²) in [5.74, 6) is 0.380. The van der Waals surface area contributed by atoms with Gasteiger partial charge in [-0.05, 0) is 18.3 Å². The molecule has 1 aromatic heterocycles. The molecule has 1 aliphatic carbocycles. The number of carbonyl (C=O) groups is 1. The van der Waals surface area contributed by atoms with Crippen LogP contribution >= 0.6 is 0 Å². The Balaban J connectivity index is 2.16. The average molecular weight is 207 g/mol. The number of aromatic nitrogens is 3. The van der Waals surface area contributed by atoms with Crippen LogP contribution in [0, 0.1) is 11.3 Å². The van der Waals surface area contributed by atoms with Gasteiger partial charge < -0.3 is 0 Å². The smallest absolute Gasteiger partial charge is 0.186 e. The number of aryl methyl sites for hydroxylation is 1. The zero-order valence-corrected chi connectivity index (χ0v) is 9.53. The Kier molecular flexibility index (Phi) is 2.37. The predicted molar refractivity (Wildman–Crippen MR) is 56.5 cm³/mol. The van der Waals surface area contributed by atoms with Crippen LogP contribution in [0.4, 0.5) is 0 Å². The van der Waals surface area contributed by atoms with Crippen LogP contribution in [0.25, 0.3) is 0 Å². The average Bonchev–Trinajstić information content (AvgIpc) is 2.63. The first kappa shape index (κ1) is 10.3. The molecule has 0 amide bonds. The number of rotatable bonds is 4. The molecule has 1 aliphatic rings. The van der Waals surface area contributed by atoms with E-state index in [1.807, 2.05) is 0 Å². The van der Waals surface area contributed by atoms with Crippen molar-refractivity contribution in [3.8, 4) is 0 Å². The molecule has 1 saturated carbocycles. The highest BCUT2D eigenvalue weighted by molar-refractivity contribution is 5.98. The largest absolute Gasteiger partial charge is 0.292 e. The zero-order valence-electron chi connectivity index (χ0n) is 9.53. The first-order valence-electron chi connectivity index (χ1n) is 5.49. The Bertz CT molecular complexity index is 381. The number of Topliss-reactive ketones (excluding diaryl/α,β-unsaturated/α-hetero) is 1. The van der Waals surface area contributed by atoms with Crippen molar-refractivity contribution < 1.29 is 4.79 Å². The third-order valence-electron chi connectivity index (χ3n) is 3.14. The minimum absolute atomic E-state index is 0.173. The van der Waals surface area contributed by atoms with E-state index in [2.05, 4.69) is 31.1 Å². The van der Waals surface area contributed by atoms with E-state index in [1.54, 1.807) is 10.9 Å². The summed E-state index contributed by atoms with van der Waals surface area (Å²) >= 11 is 0. The van der Waals surface area contributed by atoms with Crippen molar-refractivity contribution in [3.63, 3.8) is 0 Å². The minimum Gasteiger partial charge on any atom is -0.292 e. The molecule has 4 nitrogen and oxygen atoms in total. The summed E-state index contributed by atoms with van der Waals surface area (Å²) < 4.78 is 1.72. The van der Waals surface area contributed by atoms with Gasteiger partial charge in [0.1, 0.15) is 5.69 Å². The zero-order chi connectivity index (χ0) is 11.1. The number of nitrogens with zero attached hydrogens (tertiary/aromatic N) is 3. The van der Waals surface area contributed by atoms with Gasteiger partial charge in [-0.1, -0.05) is 26.0 Å². The Morgan fingerprint density at radius 1 is 1.67 bits per heavy atom. The molecule has 0 N–H and O–H groups in total. The summed E-state index contributed by atoms with van der Waals surface area (Å²) in [5, 5.41) is 7.74. The first-order chi connectivity index (χ1) is 7.06. The summed E-state index contributed by atoms with van der Waals surface area (Å²) in [6, 6.07) is 0. The molecular weight excluding hydrogens is 190 g/mol. The maximum absolute atomic E-state index is 12.1. The van der Waals surface area contributed by atoms with Crippen molar-refractivity contribution in [2.45, 2.75) is 40.2 Å². The van der Waals surface area contributed by atoms with Gasteiger partial charge in [-0.25, -0.2) is 4.68 Å². The molecule has 0 saturated heterocycles. The van der Waals surface area contributed by atoms with E-state index in [0.717, 1.165) is 19.4 Å². The Labute approximate surface area is 89.7 Å². The fourth-order valence-electron chi connectivity index (χ4n) is 1.92. The number of hydrogen-bond donors (Lipinski definition) is 0. The van der Waals surface area contributed by atoms with Crippen LogP contribution in [-0.4, -0.2) is 20.8 Å². The lowest BCUT2D eigenvalue weighted by Crippen LogP contribution is -2.14. The maximum atomic E-state index is 12.1. The van der Waals surface area contributed by atoms with Gasteiger partial charge in [-0.2, -0.15) is 0 Å². The van der Waals surface area contributed by atoms with Gasteiger partial charge >= 0.3 is 0 Å². The molecule has 1 fully saturated rings. The van der Waals surface area contributed by atoms with E-state index < -0.39 is 0 Å². The predicted octanol–water partition coefficient (Wildman–Crippen LogP) is 1.92. The SMILES string of the molecule is CCCn1nncc1C(=O)C1CC1(C)C. The Hall–Kier alpha value is -1.19. The van der Waals surface area contributed by atoms with Crippen molar-refractivity contribution in [3.05, 3.63) is 11.9 Å². The lowest BCUT2D eigenvalue weighted by Gasteiger charge is -2.04. The van der Waals surface area contributed by atoms with Gasteiger partial charge in [-0.3, -0.25) is 4.79 Å². The molecule has 0 aromatic carbocycles.